The van der Waals surface area contributed by atoms with Crippen molar-refractivity contribution in [1.29, 1.82) is 0 Å². The molecular weight excluding hydrogens is 462 g/mol. The van der Waals surface area contributed by atoms with E-state index in [1.807, 2.05) is 26.0 Å². The van der Waals surface area contributed by atoms with Gasteiger partial charge >= 0.3 is 0 Å². The Hall–Kier alpha value is -2.71. The Morgan fingerprint density at radius 2 is 1.69 bits per heavy atom. The van der Waals surface area contributed by atoms with E-state index in [4.69, 9.17) is 0 Å². The molecular formula is C27H35N3O4S. The summed E-state index contributed by atoms with van der Waals surface area (Å²) in [4.78, 5) is 25.9. The minimum Gasteiger partial charge on any atom is -0.352 e. The summed E-state index contributed by atoms with van der Waals surface area (Å²) in [5, 5.41) is 5.79. The summed E-state index contributed by atoms with van der Waals surface area (Å²) in [6.45, 7) is 5.19. The molecule has 8 heteroatoms. The number of aryl methyl sites for hydroxylation is 2. The van der Waals surface area contributed by atoms with Crippen molar-refractivity contribution in [1.82, 2.24) is 9.62 Å². The van der Waals surface area contributed by atoms with E-state index in [-0.39, 0.29) is 17.7 Å². The maximum Gasteiger partial charge on any atom is 0.253 e. The number of rotatable bonds is 7. The van der Waals surface area contributed by atoms with Gasteiger partial charge in [-0.2, -0.15) is 4.31 Å². The Morgan fingerprint density at radius 1 is 1.00 bits per heavy atom. The summed E-state index contributed by atoms with van der Waals surface area (Å²) in [6.07, 6.45) is 5.08. The highest BCUT2D eigenvalue weighted by Gasteiger charge is 2.33. The van der Waals surface area contributed by atoms with Crippen molar-refractivity contribution < 1.29 is 18.0 Å². The first-order valence-electron chi connectivity index (χ1n) is 12.6. The number of fused-ring (bicyclic) bond motifs is 1. The lowest BCUT2D eigenvalue weighted by molar-refractivity contribution is -0.120. The summed E-state index contributed by atoms with van der Waals surface area (Å²) in [5.41, 5.74) is 3.29. The molecule has 4 rings (SSSR count). The van der Waals surface area contributed by atoms with E-state index < -0.39 is 10.0 Å². The maximum atomic E-state index is 13.3. The molecule has 0 spiro atoms. The molecule has 0 aromatic heterocycles. The van der Waals surface area contributed by atoms with Crippen molar-refractivity contribution in [3.05, 3.63) is 59.2 Å². The van der Waals surface area contributed by atoms with Gasteiger partial charge in [0.05, 0.1) is 16.1 Å². The molecule has 2 aromatic rings. The number of sulfonamides is 1. The normalized spacial score (nSPS) is 17.1. The number of anilines is 1. The van der Waals surface area contributed by atoms with Gasteiger partial charge < -0.3 is 10.6 Å². The summed E-state index contributed by atoms with van der Waals surface area (Å²) < 4.78 is 28.0. The fourth-order valence-corrected chi connectivity index (χ4v) is 6.32. The Morgan fingerprint density at radius 3 is 2.40 bits per heavy atom. The van der Waals surface area contributed by atoms with Crippen LogP contribution in [0, 0.1) is 11.8 Å². The average molecular weight is 498 g/mol. The van der Waals surface area contributed by atoms with Crippen molar-refractivity contribution in [2.45, 2.75) is 57.3 Å². The number of carbonyl (C=O) groups is 2. The Kier molecular flexibility index (Phi) is 7.91. The summed E-state index contributed by atoms with van der Waals surface area (Å²) >= 11 is 0. The number of hydrogen-bond acceptors (Lipinski definition) is 4. The molecule has 1 heterocycles. The maximum absolute atomic E-state index is 13.3. The molecule has 0 unspecified atom stereocenters. The second-order valence-electron chi connectivity index (χ2n) is 9.95. The predicted octanol–water partition coefficient (Wildman–Crippen LogP) is 3.99. The zero-order valence-corrected chi connectivity index (χ0v) is 21.4. The van der Waals surface area contributed by atoms with Crippen LogP contribution in [0.15, 0.2) is 47.4 Å². The first-order valence-corrected chi connectivity index (χ1v) is 14.0. The van der Waals surface area contributed by atoms with Crippen LogP contribution in [0.3, 0.4) is 0 Å². The third-order valence-corrected chi connectivity index (χ3v) is 8.78. The quantitative estimate of drug-likeness (QED) is 0.605. The topological polar surface area (TPSA) is 95.6 Å². The fourth-order valence-electron chi connectivity index (χ4n) is 4.79. The summed E-state index contributed by atoms with van der Waals surface area (Å²) in [7, 11) is -3.59. The largest absolute Gasteiger partial charge is 0.352 e. The molecule has 35 heavy (non-hydrogen) atoms. The molecule has 1 saturated heterocycles. The monoisotopic (exact) mass is 497 g/mol. The minimum absolute atomic E-state index is 0.181. The van der Waals surface area contributed by atoms with E-state index in [0.717, 1.165) is 31.2 Å². The van der Waals surface area contributed by atoms with Gasteiger partial charge in [-0.3, -0.25) is 9.59 Å². The molecule has 1 aliphatic heterocycles. The van der Waals surface area contributed by atoms with Crippen molar-refractivity contribution in [3.8, 4) is 0 Å². The van der Waals surface area contributed by atoms with E-state index in [2.05, 4.69) is 10.6 Å². The zero-order valence-electron chi connectivity index (χ0n) is 20.5. The average Bonchev–Trinajstić information content (AvgIpc) is 2.87. The molecule has 7 nitrogen and oxygen atoms in total. The molecule has 0 saturated carbocycles. The van der Waals surface area contributed by atoms with Gasteiger partial charge in [-0.25, -0.2) is 8.42 Å². The van der Waals surface area contributed by atoms with Gasteiger partial charge in [-0.15, -0.1) is 0 Å². The highest BCUT2D eigenvalue weighted by molar-refractivity contribution is 7.89. The number of carbonyl (C=O) groups excluding carboxylic acids is 2. The molecule has 2 N–H and O–H groups in total. The lowest BCUT2D eigenvalue weighted by Gasteiger charge is -2.31. The summed E-state index contributed by atoms with van der Waals surface area (Å²) in [6, 6.07) is 12.5. The number of piperidine rings is 1. The second-order valence-corrected chi connectivity index (χ2v) is 11.9. The Bertz CT molecular complexity index is 1180. The van der Waals surface area contributed by atoms with Gasteiger partial charge in [0.15, 0.2) is 0 Å². The summed E-state index contributed by atoms with van der Waals surface area (Å²) in [5.74, 6) is -0.388. The van der Waals surface area contributed by atoms with Gasteiger partial charge in [0, 0.05) is 25.6 Å². The molecule has 188 valence electrons. The van der Waals surface area contributed by atoms with E-state index in [1.54, 1.807) is 30.3 Å². The lowest BCUT2D eigenvalue weighted by Crippen LogP contribution is -2.41. The van der Waals surface area contributed by atoms with Gasteiger partial charge in [-0.05, 0) is 79.8 Å². The van der Waals surface area contributed by atoms with E-state index in [1.165, 1.54) is 9.87 Å². The van der Waals surface area contributed by atoms with Gasteiger partial charge in [0.2, 0.25) is 15.9 Å². The van der Waals surface area contributed by atoms with Crippen LogP contribution in [-0.2, 0) is 27.7 Å². The molecule has 2 aromatic carbocycles. The number of para-hydroxylation sites is 1. The van der Waals surface area contributed by atoms with Crippen LogP contribution in [0.2, 0.25) is 0 Å². The number of amides is 2. The molecule has 0 radical (unpaired) electrons. The van der Waals surface area contributed by atoms with E-state index in [9.17, 15) is 18.0 Å². The predicted molar refractivity (Wildman–Crippen MR) is 137 cm³/mol. The van der Waals surface area contributed by atoms with Crippen LogP contribution in [-0.4, -0.2) is 44.2 Å². The number of nitrogens with zero attached hydrogens (tertiary/aromatic N) is 1. The third kappa shape index (κ3) is 5.93. The molecule has 2 aliphatic rings. The van der Waals surface area contributed by atoms with Crippen LogP contribution in [0.1, 0.15) is 61.0 Å². The van der Waals surface area contributed by atoms with Gasteiger partial charge in [-0.1, -0.05) is 32.0 Å². The zero-order chi connectivity index (χ0) is 25.0. The van der Waals surface area contributed by atoms with Crippen LogP contribution >= 0.6 is 0 Å². The van der Waals surface area contributed by atoms with Crippen LogP contribution in [0.5, 0.6) is 0 Å². The third-order valence-electron chi connectivity index (χ3n) is 6.88. The Balaban J connectivity index is 1.38. The molecule has 1 fully saturated rings. The molecule has 0 atom stereocenters. The second kappa shape index (κ2) is 10.9. The van der Waals surface area contributed by atoms with E-state index in [0.29, 0.717) is 54.5 Å². The minimum atomic E-state index is -3.59. The van der Waals surface area contributed by atoms with Crippen LogP contribution in [0.4, 0.5) is 5.69 Å². The fraction of sp³-hybridized carbons (Fsp3) is 0.481. The number of nitrogens with one attached hydrogen (secondary N) is 2. The first kappa shape index (κ1) is 25.4. The van der Waals surface area contributed by atoms with Crippen molar-refractivity contribution >= 4 is 27.5 Å². The standard InChI is InChI=1S/C27H35N3O4S/c1-19(2)18-28-27(32)24-9-5-6-10-25(24)29-26(31)21-13-15-30(16-14-21)35(33,34)23-12-11-20-7-3-4-8-22(20)17-23/h5-6,9-12,17,19,21H,3-4,7-8,13-16,18H2,1-2H3,(H,28,32)(H,29,31). The highest BCUT2D eigenvalue weighted by Crippen LogP contribution is 2.29. The van der Waals surface area contributed by atoms with Crippen LogP contribution < -0.4 is 10.6 Å². The smallest absolute Gasteiger partial charge is 0.253 e. The highest BCUT2D eigenvalue weighted by atomic mass is 32.2. The van der Waals surface area contributed by atoms with E-state index >= 15 is 0 Å². The first-order chi connectivity index (χ1) is 16.8. The number of benzene rings is 2. The van der Waals surface area contributed by atoms with Crippen LogP contribution in [0.25, 0.3) is 0 Å². The van der Waals surface area contributed by atoms with Crippen molar-refractivity contribution in [3.63, 3.8) is 0 Å². The van der Waals surface area contributed by atoms with Crippen molar-refractivity contribution in [2.75, 3.05) is 25.0 Å². The van der Waals surface area contributed by atoms with Crippen molar-refractivity contribution in [2.24, 2.45) is 11.8 Å². The molecule has 0 bridgehead atoms. The van der Waals surface area contributed by atoms with Gasteiger partial charge in [0.25, 0.3) is 5.91 Å². The number of hydrogen-bond donors (Lipinski definition) is 2. The van der Waals surface area contributed by atoms with Gasteiger partial charge in [0.1, 0.15) is 0 Å². The molecule has 1 aliphatic carbocycles. The SMILES string of the molecule is CC(C)CNC(=O)c1ccccc1NC(=O)C1CCN(S(=O)(=O)c2ccc3c(c2)CCCC3)CC1. The Labute approximate surface area is 208 Å². The molecule has 2 amide bonds. The lowest BCUT2D eigenvalue weighted by atomic mass is 9.92.